The van der Waals surface area contributed by atoms with E-state index in [-0.39, 0.29) is 29.7 Å². The van der Waals surface area contributed by atoms with Crippen LogP contribution >= 0.6 is 0 Å². The van der Waals surface area contributed by atoms with E-state index in [0.29, 0.717) is 49.8 Å². The number of aliphatic hydroxyl groups excluding tert-OH is 1. The van der Waals surface area contributed by atoms with Gasteiger partial charge in [-0.15, -0.1) is 0 Å². The summed E-state index contributed by atoms with van der Waals surface area (Å²) in [5.41, 5.74) is 0.552. The monoisotopic (exact) mass is 581 g/mol. The first-order valence-corrected chi connectivity index (χ1v) is 16.1. The van der Waals surface area contributed by atoms with Crippen molar-refractivity contribution in [3.8, 4) is 11.5 Å². The molecule has 4 N–H and O–H groups in total. The highest BCUT2D eigenvalue weighted by Crippen LogP contribution is 2.38. The van der Waals surface area contributed by atoms with Gasteiger partial charge >= 0.3 is 0 Å². The quantitative estimate of drug-likeness (QED) is 0.393. The van der Waals surface area contributed by atoms with Crippen molar-refractivity contribution in [3.63, 3.8) is 0 Å². The van der Waals surface area contributed by atoms with Gasteiger partial charge in [-0.2, -0.15) is 4.31 Å². The summed E-state index contributed by atoms with van der Waals surface area (Å²) in [7, 11) is -7.44. The SMILES string of the molecule is NS(=O)(=O)c1cccc(OCC(O)CNC2COC3(CCN(S(=O)(=O)c4ccc5c(c4)CCCO5)CC3)C2)c1. The Morgan fingerprint density at radius 1 is 1.13 bits per heavy atom. The highest BCUT2D eigenvalue weighted by molar-refractivity contribution is 7.89. The molecule has 3 aliphatic heterocycles. The van der Waals surface area contributed by atoms with Gasteiger partial charge in [-0.25, -0.2) is 22.0 Å². The maximum absolute atomic E-state index is 13.3. The predicted octanol–water partition coefficient (Wildman–Crippen LogP) is 1.00. The van der Waals surface area contributed by atoms with Crippen molar-refractivity contribution in [1.82, 2.24) is 9.62 Å². The largest absolute Gasteiger partial charge is 0.493 e. The fourth-order valence-corrected chi connectivity index (χ4v) is 7.44. The Hall–Kier alpha value is -2.26. The molecule has 2 aromatic rings. The zero-order valence-electron chi connectivity index (χ0n) is 21.6. The topological polar surface area (TPSA) is 157 Å². The third-order valence-corrected chi connectivity index (χ3v) is 10.4. The first-order valence-electron chi connectivity index (χ1n) is 13.1. The summed E-state index contributed by atoms with van der Waals surface area (Å²) in [5, 5.41) is 18.8. The van der Waals surface area contributed by atoms with Gasteiger partial charge in [-0.3, -0.25) is 0 Å². The number of nitrogens with two attached hydrogens (primary N) is 1. The van der Waals surface area contributed by atoms with Crippen LogP contribution in [0.3, 0.4) is 0 Å². The predicted molar refractivity (Wildman–Crippen MR) is 143 cm³/mol. The number of fused-ring (bicyclic) bond motifs is 1. The van der Waals surface area contributed by atoms with E-state index in [9.17, 15) is 21.9 Å². The van der Waals surface area contributed by atoms with Gasteiger partial charge in [0, 0.05) is 31.7 Å². The van der Waals surface area contributed by atoms with Gasteiger partial charge in [0.25, 0.3) is 0 Å². The minimum absolute atomic E-state index is 0.0224. The highest BCUT2D eigenvalue weighted by atomic mass is 32.2. The molecule has 0 radical (unpaired) electrons. The van der Waals surface area contributed by atoms with Gasteiger partial charge in [0.15, 0.2) is 0 Å². The fraction of sp³-hybridized carbons (Fsp3) is 0.538. The van der Waals surface area contributed by atoms with Crippen LogP contribution in [0.1, 0.15) is 31.2 Å². The Morgan fingerprint density at radius 2 is 1.92 bits per heavy atom. The Morgan fingerprint density at radius 3 is 2.69 bits per heavy atom. The second-order valence-electron chi connectivity index (χ2n) is 10.4. The number of nitrogens with one attached hydrogen (secondary N) is 1. The smallest absolute Gasteiger partial charge is 0.243 e. The number of piperidine rings is 1. The number of aryl methyl sites for hydroxylation is 1. The van der Waals surface area contributed by atoms with Gasteiger partial charge in [0.2, 0.25) is 20.0 Å². The summed E-state index contributed by atoms with van der Waals surface area (Å²) in [6.07, 6.45) is 2.80. The molecule has 0 aromatic heterocycles. The maximum atomic E-state index is 13.3. The van der Waals surface area contributed by atoms with Crippen LogP contribution in [0, 0.1) is 0 Å². The van der Waals surface area contributed by atoms with Crippen LogP contribution in [0.4, 0.5) is 0 Å². The maximum Gasteiger partial charge on any atom is 0.243 e. The number of aliphatic hydroxyl groups is 1. The van der Waals surface area contributed by atoms with Crippen LogP contribution in [0.2, 0.25) is 0 Å². The Labute approximate surface area is 229 Å². The lowest BCUT2D eigenvalue weighted by Crippen LogP contribution is -2.47. The molecule has 2 aromatic carbocycles. The summed E-state index contributed by atoms with van der Waals surface area (Å²) >= 11 is 0. The van der Waals surface area contributed by atoms with Crippen LogP contribution in [0.25, 0.3) is 0 Å². The molecule has 11 nitrogen and oxygen atoms in total. The second kappa shape index (κ2) is 11.3. The number of ether oxygens (including phenoxy) is 3. The van der Waals surface area contributed by atoms with Crippen molar-refractivity contribution in [2.45, 2.75) is 59.6 Å². The third kappa shape index (κ3) is 6.56. The molecular weight excluding hydrogens is 546 g/mol. The highest BCUT2D eigenvalue weighted by Gasteiger charge is 2.44. The van der Waals surface area contributed by atoms with Gasteiger partial charge < -0.3 is 24.6 Å². The Balaban J connectivity index is 1.08. The standard InChI is InChI=1S/C26H35N3O8S2/c27-38(31,32)23-5-1-4-22(14-23)36-18-21(30)16-28-20-15-26(37-17-20)8-10-29(11-9-26)39(33,34)24-6-7-25-19(13-24)3-2-12-35-25/h1,4-7,13-14,20-21,28,30H,2-3,8-12,15-18H2,(H2,27,31,32). The van der Waals surface area contributed by atoms with Crippen molar-refractivity contribution in [2.75, 3.05) is 39.5 Å². The number of rotatable bonds is 9. The summed E-state index contributed by atoms with van der Waals surface area (Å²) in [4.78, 5) is 0.249. The molecule has 2 unspecified atom stereocenters. The average Bonchev–Trinajstić information content (AvgIpc) is 3.32. The molecule has 0 saturated carbocycles. The van der Waals surface area contributed by atoms with E-state index in [1.807, 2.05) is 0 Å². The number of benzene rings is 2. The molecule has 39 heavy (non-hydrogen) atoms. The molecule has 2 fully saturated rings. The number of sulfonamides is 2. The molecule has 0 amide bonds. The molecule has 2 atom stereocenters. The molecule has 0 bridgehead atoms. The number of hydrogen-bond donors (Lipinski definition) is 3. The lowest BCUT2D eigenvalue weighted by molar-refractivity contribution is -0.0312. The van der Waals surface area contributed by atoms with Crippen molar-refractivity contribution in [1.29, 1.82) is 0 Å². The van der Waals surface area contributed by atoms with Crippen molar-refractivity contribution in [3.05, 3.63) is 48.0 Å². The fourth-order valence-electron chi connectivity index (χ4n) is 5.40. The van der Waals surface area contributed by atoms with Crippen LogP contribution in [0.5, 0.6) is 11.5 Å². The molecular formula is C26H35N3O8S2. The molecule has 3 heterocycles. The zero-order chi connectivity index (χ0) is 27.7. The van der Waals surface area contributed by atoms with E-state index in [1.165, 1.54) is 18.2 Å². The van der Waals surface area contributed by atoms with Gasteiger partial charge in [0.05, 0.1) is 28.6 Å². The van der Waals surface area contributed by atoms with E-state index < -0.39 is 26.2 Å². The van der Waals surface area contributed by atoms with E-state index in [1.54, 1.807) is 28.6 Å². The summed E-state index contributed by atoms with van der Waals surface area (Å²) in [5.74, 6) is 1.07. The van der Waals surface area contributed by atoms with Crippen molar-refractivity contribution in [2.24, 2.45) is 5.14 Å². The molecule has 214 valence electrons. The zero-order valence-corrected chi connectivity index (χ0v) is 23.3. The molecule has 0 aliphatic carbocycles. The molecule has 3 aliphatic rings. The lowest BCUT2D eigenvalue weighted by Gasteiger charge is -2.38. The van der Waals surface area contributed by atoms with Crippen molar-refractivity contribution < 1.29 is 36.2 Å². The van der Waals surface area contributed by atoms with Crippen molar-refractivity contribution >= 4 is 20.0 Å². The van der Waals surface area contributed by atoms with E-state index in [0.717, 1.165) is 30.6 Å². The summed E-state index contributed by atoms with van der Waals surface area (Å²) in [6.45, 7) is 2.14. The second-order valence-corrected chi connectivity index (χ2v) is 13.9. The Bertz CT molecular complexity index is 1390. The Kier molecular flexibility index (Phi) is 8.20. The molecule has 5 rings (SSSR count). The van der Waals surface area contributed by atoms with Crippen LogP contribution in [-0.2, 0) is 31.2 Å². The minimum atomic E-state index is -3.84. The van der Waals surface area contributed by atoms with E-state index in [2.05, 4.69) is 5.32 Å². The van der Waals surface area contributed by atoms with E-state index in [4.69, 9.17) is 19.3 Å². The summed E-state index contributed by atoms with van der Waals surface area (Å²) < 4.78 is 68.4. The minimum Gasteiger partial charge on any atom is -0.493 e. The molecule has 2 saturated heterocycles. The van der Waals surface area contributed by atoms with Crippen LogP contribution in [0.15, 0.2) is 52.3 Å². The number of primary sulfonamides is 1. The average molecular weight is 582 g/mol. The van der Waals surface area contributed by atoms with Gasteiger partial charge in [0.1, 0.15) is 24.2 Å². The van der Waals surface area contributed by atoms with Gasteiger partial charge in [-0.1, -0.05) is 6.07 Å². The van der Waals surface area contributed by atoms with Crippen LogP contribution < -0.4 is 19.9 Å². The van der Waals surface area contributed by atoms with Gasteiger partial charge in [-0.05, 0) is 68.0 Å². The first kappa shape index (κ1) is 28.3. The summed E-state index contributed by atoms with van der Waals surface area (Å²) in [6, 6.07) is 11.0. The molecule has 13 heteroatoms. The number of nitrogens with zero attached hydrogens (tertiary/aromatic N) is 1. The van der Waals surface area contributed by atoms with E-state index >= 15 is 0 Å². The molecule has 1 spiro atoms. The van der Waals surface area contributed by atoms with Crippen LogP contribution in [-0.4, -0.2) is 83.4 Å². The number of hydrogen-bond acceptors (Lipinski definition) is 9. The normalized spacial score (nSPS) is 22.3. The third-order valence-electron chi connectivity index (χ3n) is 7.58. The lowest BCUT2D eigenvalue weighted by atomic mass is 9.88. The first-order chi connectivity index (χ1) is 18.5.